The maximum absolute atomic E-state index is 12.2. The van der Waals surface area contributed by atoms with E-state index in [4.69, 9.17) is 4.74 Å². The second-order valence-corrected chi connectivity index (χ2v) is 5.20. The minimum Gasteiger partial charge on any atom is -0.491 e. The van der Waals surface area contributed by atoms with Crippen LogP contribution in [0.5, 0.6) is 5.75 Å². The van der Waals surface area contributed by atoms with Gasteiger partial charge in [-0.2, -0.15) is 13.2 Å². The first-order chi connectivity index (χ1) is 9.95. The van der Waals surface area contributed by atoms with Crippen LogP contribution in [0.15, 0.2) is 24.3 Å². The van der Waals surface area contributed by atoms with Gasteiger partial charge in [-0.1, -0.05) is 12.1 Å². The molecule has 0 spiro atoms. The lowest BCUT2D eigenvalue weighted by atomic mass is 10.2. The van der Waals surface area contributed by atoms with Crippen LogP contribution in [0.4, 0.5) is 13.2 Å². The molecule has 1 aliphatic carbocycles. The second-order valence-electron chi connectivity index (χ2n) is 5.20. The highest BCUT2D eigenvalue weighted by molar-refractivity contribution is 5.27. The summed E-state index contributed by atoms with van der Waals surface area (Å²) in [4.78, 5) is 0. The summed E-state index contributed by atoms with van der Waals surface area (Å²) < 4.78 is 46.6. The lowest BCUT2D eigenvalue weighted by Gasteiger charge is -2.16. The van der Waals surface area contributed by atoms with E-state index >= 15 is 0 Å². The number of hydrogen-bond donors (Lipinski definition) is 1. The maximum Gasteiger partial charge on any atom is 0.414 e. The van der Waals surface area contributed by atoms with Gasteiger partial charge < -0.3 is 14.8 Å². The molecule has 3 nitrogen and oxygen atoms in total. The van der Waals surface area contributed by atoms with Crippen molar-refractivity contribution in [3.8, 4) is 5.75 Å². The van der Waals surface area contributed by atoms with Crippen LogP contribution in [0, 0.1) is 0 Å². The van der Waals surface area contributed by atoms with Crippen LogP contribution in [-0.4, -0.2) is 31.5 Å². The molecule has 2 rings (SSSR count). The molecule has 1 aliphatic rings. The van der Waals surface area contributed by atoms with E-state index in [2.05, 4.69) is 10.1 Å². The second kappa shape index (κ2) is 7.13. The normalized spacial score (nSPS) is 16.8. The van der Waals surface area contributed by atoms with Crippen molar-refractivity contribution in [1.29, 1.82) is 0 Å². The van der Waals surface area contributed by atoms with E-state index in [0.717, 1.165) is 19.0 Å². The topological polar surface area (TPSA) is 30.5 Å². The Bertz CT molecular complexity index is 430. The Labute approximate surface area is 122 Å². The molecular formula is C15H20F3NO2. The minimum absolute atomic E-state index is 0.0916. The van der Waals surface area contributed by atoms with Crippen LogP contribution in [0.2, 0.25) is 0 Å². The SMILES string of the molecule is CC(OCCOc1ccc(CNC2CC2)cc1)C(F)(F)F. The van der Waals surface area contributed by atoms with Gasteiger partial charge in [0, 0.05) is 12.6 Å². The van der Waals surface area contributed by atoms with Gasteiger partial charge in [-0.3, -0.25) is 0 Å². The van der Waals surface area contributed by atoms with Gasteiger partial charge in [0.15, 0.2) is 6.10 Å². The largest absolute Gasteiger partial charge is 0.491 e. The zero-order chi connectivity index (χ0) is 15.3. The van der Waals surface area contributed by atoms with E-state index in [1.54, 1.807) is 0 Å². The molecule has 0 aromatic heterocycles. The number of rotatable bonds is 8. The highest BCUT2D eigenvalue weighted by Crippen LogP contribution is 2.22. The molecule has 1 saturated carbocycles. The average Bonchev–Trinajstić information content (AvgIpc) is 3.25. The van der Waals surface area contributed by atoms with Crippen LogP contribution in [0.3, 0.4) is 0 Å². The molecule has 1 aromatic rings. The Balaban J connectivity index is 1.63. The number of benzene rings is 1. The van der Waals surface area contributed by atoms with Crippen molar-refractivity contribution in [3.05, 3.63) is 29.8 Å². The van der Waals surface area contributed by atoms with E-state index in [1.807, 2.05) is 24.3 Å². The summed E-state index contributed by atoms with van der Waals surface area (Å²) in [6.45, 7) is 1.82. The summed E-state index contributed by atoms with van der Waals surface area (Å²) in [5, 5.41) is 3.40. The van der Waals surface area contributed by atoms with Gasteiger partial charge in [-0.15, -0.1) is 0 Å². The van der Waals surface area contributed by atoms with Crippen LogP contribution in [-0.2, 0) is 11.3 Å². The van der Waals surface area contributed by atoms with Crippen LogP contribution >= 0.6 is 0 Å². The van der Waals surface area contributed by atoms with Crippen molar-refractivity contribution in [2.45, 2.75) is 44.6 Å². The van der Waals surface area contributed by atoms with Crippen molar-refractivity contribution in [1.82, 2.24) is 5.32 Å². The molecule has 0 radical (unpaired) electrons. The fraction of sp³-hybridized carbons (Fsp3) is 0.600. The highest BCUT2D eigenvalue weighted by Gasteiger charge is 2.36. The molecule has 1 atom stereocenters. The van der Waals surface area contributed by atoms with Gasteiger partial charge in [0.25, 0.3) is 0 Å². The Morgan fingerprint density at radius 1 is 1.19 bits per heavy atom. The first-order valence-corrected chi connectivity index (χ1v) is 7.08. The molecular weight excluding hydrogens is 283 g/mol. The van der Waals surface area contributed by atoms with Gasteiger partial charge in [-0.05, 0) is 37.5 Å². The van der Waals surface area contributed by atoms with Crippen molar-refractivity contribution in [3.63, 3.8) is 0 Å². The number of nitrogens with one attached hydrogen (secondary N) is 1. The predicted octanol–water partition coefficient (Wildman–Crippen LogP) is 3.28. The minimum atomic E-state index is -4.32. The zero-order valence-corrected chi connectivity index (χ0v) is 12.0. The third kappa shape index (κ3) is 5.93. The molecule has 118 valence electrons. The van der Waals surface area contributed by atoms with Gasteiger partial charge in [0.1, 0.15) is 12.4 Å². The third-order valence-electron chi connectivity index (χ3n) is 3.28. The molecule has 21 heavy (non-hydrogen) atoms. The first kappa shape index (κ1) is 16.1. The summed E-state index contributed by atoms with van der Waals surface area (Å²) >= 11 is 0. The van der Waals surface area contributed by atoms with Gasteiger partial charge in [-0.25, -0.2) is 0 Å². The lowest BCUT2D eigenvalue weighted by Crippen LogP contribution is -2.29. The van der Waals surface area contributed by atoms with Crippen molar-refractivity contribution in [2.75, 3.05) is 13.2 Å². The Morgan fingerprint density at radius 3 is 2.43 bits per heavy atom. The van der Waals surface area contributed by atoms with Crippen LogP contribution < -0.4 is 10.1 Å². The average molecular weight is 303 g/mol. The monoisotopic (exact) mass is 303 g/mol. The maximum atomic E-state index is 12.2. The quantitative estimate of drug-likeness (QED) is 0.748. The predicted molar refractivity (Wildman–Crippen MR) is 73.3 cm³/mol. The molecule has 1 fully saturated rings. The molecule has 1 N–H and O–H groups in total. The van der Waals surface area contributed by atoms with Crippen LogP contribution in [0.1, 0.15) is 25.3 Å². The summed E-state index contributed by atoms with van der Waals surface area (Å²) in [6.07, 6.45) is -3.59. The molecule has 0 heterocycles. The smallest absolute Gasteiger partial charge is 0.414 e. The number of ether oxygens (including phenoxy) is 2. The van der Waals surface area contributed by atoms with Gasteiger partial charge in [0.05, 0.1) is 6.61 Å². The zero-order valence-electron chi connectivity index (χ0n) is 12.0. The van der Waals surface area contributed by atoms with E-state index in [1.165, 1.54) is 12.8 Å². The fourth-order valence-corrected chi connectivity index (χ4v) is 1.73. The van der Waals surface area contributed by atoms with Gasteiger partial charge >= 0.3 is 6.18 Å². The van der Waals surface area contributed by atoms with E-state index in [0.29, 0.717) is 11.8 Å². The number of alkyl halides is 3. The van der Waals surface area contributed by atoms with E-state index in [9.17, 15) is 13.2 Å². The molecule has 0 saturated heterocycles. The Morgan fingerprint density at radius 2 is 1.86 bits per heavy atom. The Kier molecular flexibility index (Phi) is 5.47. The molecule has 0 aliphatic heterocycles. The molecule has 0 amide bonds. The lowest BCUT2D eigenvalue weighted by molar-refractivity contribution is -0.215. The summed E-state index contributed by atoms with van der Waals surface area (Å²) in [6, 6.07) is 8.19. The Hall–Kier alpha value is -1.27. The summed E-state index contributed by atoms with van der Waals surface area (Å²) in [5.41, 5.74) is 1.16. The van der Waals surface area contributed by atoms with E-state index < -0.39 is 12.3 Å². The van der Waals surface area contributed by atoms with Crippen molar-refractivity contribution < 1.29 is 22.6 Å². The molecule has 1 unspecified atom stereocenters. The number of hydrogen-bond acceptors (Lipinski definition) is 3. The fourth-order valence-electron chi connectivity index (χ4n) is 1.73. The first-order valence-electron chi connectivity index (χ1n) is 7.08. The number of halogens is 3. The third-order valence-corrected chi connectivity index (χ3v) is 3.28. The van der Waals surface area contributed by atoms with Gasteiger partial charge in [0.2, 0.25) is 0 Å². The van der Waals surface area contributed by atoms with E-state index in [-0.39, 0.29) is 13.2 Å². The molecule has 0 bridgehead atoms. The highest BCUT2D eigenvalue weighted by atomic mass is 19.4. The standard InChI is InChI=1S/C15H20F3NO2/c1-11(15(16,17)18)20-8-9-21-14-6-2-12(3-7-14)10-19-13-4-5-13/h2-3,6-7,11,13,19H,4-5,8-10H2,1H3. The summed E-state index contributed by atoms with van der Waals surface area (Å²) in [5.74, 6) is 0.633. The summed E-state index contributed by atoms with van der Waals surface area (Å²) in [7, 11) is 0. The molecule has 1 aromatic carbocycles. The van der Waals surface area contributed by atoms with Crippen molar-refractivity contribution in [2.24, 2.45) is 0 Å². The van der Waals surface area contributed by atoms with Crippen molar-refractivity contribution >= 4 is 0 Å². The molecule has 6 heteroatoms. The van der Waals surface area contributed by atoms with Crippen LogP contribution in [0.25, 0.3) is 0 Å².